The van der Waals surface area contributed by atoms with Crippen LogP contribution in [0, 0.1) is 0 Å². The number of nitrogens with one attached hydrogen (secondary N) is 1. The molecule has 1 aliphatic rings. The van der Waals surface area contributed by atoms with Crippen molar-refractivity contribution in [2.24, 2.45) is 5.73 Å². The number of piperazine rings is 1. The van der Waals surface area contributed by atoms with Crippen molar-refractivity contribution in [2.45, 2.75) is 26.4 Å². The largest absolute Gasteiger partial charge is 0.326 e. The predicted molar refractivity (Wildman–Crippen MR) is 86.1 cm³/mol. The molecule has 0 radical (unpaired) electrons. The summed E-state index contributed by atoms with van der Waals surface area (Å²) in [6.07, 6.45) is 0. The van der Waals surface area contributed by atoms with Gasteiger partial charge in [0.2, 0.25) is 5.91 Å². The number of carbonyl (C=O) groups is 1. The highest BCUT2D eigenvalue weighted by Gasteiger charge is 2.20. The Hall–Kier alpha value is -1.43. The number of hydrogen-bond donors (Lipinski definition) is 2. The van der Waals surface area contributed by atoms with E-state index in [0.29, 0.717) is 19.1 Å². The highest BCUT2D eigenvalue weighted by molar-refractivity contribution is 5.92. The molecule has 1 aromatic rings. The molecule has 1 aliphatic heterocycles. The summed E-state index contributed by atoms with van der Waals surface area (Å²) in [6.45, 7) is 9.40. The zero-order chi connectivity index (χ0) is 15.2. The van der Waals surface area contributed by atoms with Gasteiger partial charge in [-0.1, -0.05) is 12.1 Å². The van der Waals surface area contributed by atoms with Crippen LogP contribution >= 0.6 is 0 Å². The molecule has 5 nitrogen and oxygen atoms in total. The lowest BCUT2D eigenvalue weighted by Gasteiger charge is -2.36. The first-order valence-electron chi connectivity index (χ1n) is 7.63. The first-order chi connectivity index (χ1) is 10.1. The Labute approximate surface area is 127 Å². The van der Waals surface area contributed by atoms with Gasteiger partial charge in [0.15, 0.2) is 0 Å². The van der Waals surface area contributed by atoms with Crippen LogP contribution in [0.2, 0.25) is 0 Å². The first-order valence-corrected chi connectivity index (χ1v) is 7.63. The smallest absolute Gasteiger partial charge is 0.238 e. The number of nitrogens with zero attached hydrogens (tertiary/aromatic N) is 2. The van der Waals surface area contributed by atoms with E-state index in [4.69, 9.17) is 5.73 Å². The molecule has 116 valence electrons. The van der Waals surface area contributed by atoms with Crippen LogP contribution in [0.4, 0.5) is 5.69 Å². The van der Waals surface area contributed by atoms with Gasteiger partial charge in [-0.15, -0.1) is 0 Å². The summed E-state index contributed by atoms with van der Waals surface area (Å²) in [4.78, 5) is 16.7. The molecule has 0 aliphatic carbocycles. The van der Waals surface area contributed by atoms with Crippen molar-refractivity contribution in [1.82, 2.24) is 9.80 Å². The normalized spacial score (nSPS) is 17.1. The fourth-order valence-corrected chi connectivity index (χ4v) is 2.57. The van der Waals surface area contributed by atoms with Crippen LogP contribution in [0.3, 0.4) is 0 Å². The Morgan fingerprint density at radius 2 is 1.81 bits per heavy atom. The quantitative estimate of drug-likeness (QED) is 0.853. The van der Waals surface area contributed by atoms with E-state index in [-0.39, 0.29) is 5.91 Å². The second-order valence-corrected chi connectivity index (χ2v) is 5.86. The predicted octanol–water partition coefficient (Wildman–Crippen LogP) is 1.11. The van der Waals surface area contributed by atoms with Crippen LogP contribution in [-0.2, 0) is 11.3 Å². The Morgan fingerprint density at radius 1 is 1.19 bits per heavy atom. The molecule has 1 aromatic carbocycles. The molecule has 0 spiro atoms. The number of amides is 1. The minimum Gasteiger partial charge on any atom is -0.326 e. The summed E-state index contributed by atoms with van der Waals surface area (Å²) in [5, 5.41) is 2.94. The zero-order valence-corrected chi connectivity index (χ0v) is 13.0. The molecule has 2 rings (SSSR count). The standard InChI is InChI=1S/C16H26N4O/c1-13(2)20-9-7-19(8-10-20)12-16(21)18-15-5-3-14(11-17)4-6-15/h3-6,13H,7-12,17H2,1-2H3,(H,18,21). The Bertz CT molecular complexity index is 450. The van der Waals surface area contributed by atoms with E-state index < -0.39 is 0 Å². The third-order valence-corrected chi connectivity index (χ3v) is 3.98. The summed E-state index contributed by atoms with van der Waals surface area (Å²) in [5.74, 6) is 0.0495. The maximum atomic E-state index is 12.1. The van der Waals surface area contributed by atoms with Gasteiger partial charge in [-0.3, -0.25) is 14.6 Å². The van der Waals surface area contributed by atoms with Crippen LogP contribution in [0.5, 0.6) is 0 Å². The summed E-state index contributed by atoms with van der Waals surface area (Å²) in [7, 11) is 0. The lowest BCUT2D eigenvalue weighted by Crippen LogP contribution is -2.50. The average Bonchev–Trinajstić information content (AvgIpc) is 2.48. The van der Waals surface area contributed by atoms with E-state index >= 15 is 0 Å². The highest BCUT2D eigenvalue weighted by Crippen LogP contribution is 2.10. The van der Waals surface area contributed by atoms with Crippen molar-refractivity contribution in [3.8, 4) is 0 Å². The lowest BCUT2D eigenvalue weighted by molar-refractivity contribution is -0.117. The van der Waals surface area contributed by atoms with Crippen molar-refractivity contribution >= 4 is 11.6 Å². The van der Waals surface area contributed by atoms with Gasteiger partial charge in [-0.25, -0.2) is 0 Å². The molecule has 0 bridgehead atoms. The topological polar surface area (TPSA) is 61.6 Å². The molecule has 1 fully saturated rings. The molecule has 0 atom stereocenters. The highest BCUT2D eigenvalue weighted by atomic mass is 16.2. The van der Waals surface area contributed by atoms with Crippen molar-refractivity contribution in [3.63, 3.8) is 0 Å². The van der Waals surface area contributed by atoms with Crippen LogP contribution in [-0.4, -0.2) is 54.5 Å². The minimum atomic E-state index is 0.0495. The van der Waals surface area contributed by atoms with Gasteiger partial charge >= 0.3 is 0 Å². The van der Waals surface area contributed by atoms with E-state index in [0.717, 1.165) is 37.4 Å². The van der Waals surface area contributed by atoms with E-state index in [9.17, 15) is 4.79 Å². The second-order valence-electron chi connectivity index (χ2n) is 5.86. The molecule has 3 N–H and O–H groups in total. The van der Waals surface area contributed by atoms with E-state index in [1.165, 1.54) is 0 Å². The number of rotatable bonds is 5. The van der Waals surface area contributed by atoms with Gasteiger partial charge < -0.3 is 11.1 Å². The minimum absolute atomic E-state index is 0.0495. The molecule has 1 saturated heterocycles. The monoisotopic (exact) mass is 290 g/mol. The third-order valence-electron chi connectivity index (χ3n) is 3.98. The van der Waals surface area contributed by atoms with Gasteiger partial charge in [-0.2, -0.15) is 0 Å². The molecule has 0 saturated carbocycles. The molecule has 0 unspecified atom stereocenters. The molecule has 1 heterocycles. The number of nitrogens with two attached hydrogens (primary N) is 1. The first kappa shape index (κ1) is 15.9. The van der Waals surface area contributed by atoms with Gasteiger partial charge in [0.05, 0.1) is 6.54 Å². The molecule has 1 amide bonds. The van der Waals surface area contributed by atoms with E-state index in [1.807, 2.05) is 24.3 Å². The Morgan fingerprint density at radius 3 is 2.33 bits per heavy atom. The number of hydrogen-bond acceptors (Lipinski definition) is 4. The van der Waals surface area contributed by atoms with Crippen molar-refractivity contribution in [3.05, 3.63) is 29.8 Å². The van der Waals surface area contributed by atoms with E-state index in [1.54, 1.807) is 0 Å². The summed E-state index contributed by atoms with van der Waals surface area (Å²) in [6, 6.07) is 8.27. The van der Waals surface area contributed by atoms with Crippen LogP contribution in [0.1, 0.15) is 19.4 Å². The van der Waals surface area contributed by atoms with Gasteiger partial charge in [0.1, 0.15) is 0 Å². The SMILES string of the molecule is CC(C)N1CCN(CC(=O)Nc2ccc(CN)cc2)CC1. The average molecular weight is 290 g/mol. The van der Waals surface area contributed by atoms with Crippen LogP contribution in [0.25, 0.3) is 0 Å². The van der Waals surface area contributed by atoms with Crippen molar-refractivity contribution in [2.75, 3.05) is 38.0 Å². The maximum absolute atomic E-state index is 12.1. The fourth-order valence-electron chi connectivity index (χ4n) is 2.57. The van der Waals surface area contributed by atoms with Crippen LogP contribution < -0.4 is 11.1 Å². The van der Waals surface area contributed by atoms with Gasteiger partial charge in [-0.05, 0) is 31.5 Å². The fraction of sp³-hybridized carbons (Fsp3) is 0.562. The van der Waals surface area contributed by atoms with Gasteiger partial charge in [0.25, 0.3) is 0 Å². The summed E-state index contributed by atoms with van der Waals surface area (Å²) >= 11 is 0. The maximum Gasteiger partial charge on any atom is 0.238 e. The number of benzene rings is 1. The molecule has 21 heavy (non-hydrogen) atoms. The molecule has 0 aromatic heterocycles. The lowest BCUT2D eigenvalue weighted by atomic mass is 10.2. The zero-order valence-electron chi connectivity index (χ0n) is 13.0. The van der Waals surface area contributed by atoms with Crippen LogP contribution in [0.15, 0.2) is 24.3 Å². The van der Waals surface area contributed by atoms with Crippen molar-refractivity contribution in [1.29, 1.82) is 0 Å². The molecular weight excluding hydrogens is 264 g/mol. The number of anilines is 1. The second kappa shape index (κ2) is 7.54. The molecule has 5 heteroatoms. The third kappa shape index (κ3) is 4.81. The molecular formula is C16H26N4O. The van der Waals surface area contributed by atoms with Crippen molar-refractivity contribution < 1.29 is 4.79 Å². The van der Waals surface area contributed by atoms with E-state index in [2.05, 4.69) is 29.0 Å². The summed E-state index contributed by atoms with van der Waals surface area (Å²) < 4.78 is 0. The summed E-state index contributed by atoms with van der Waals surface area (Å²) in [5.41, 5.74) is 7.46. The number of carbonyl (C=O) groups excluding carboxylic acids is 1. The Balaban J connectivity index is 1.77. The Kier molecular flexibility index (Phi) is 5.73. The van der Waals surface area contributed by atoms with Gasteiger partial charge in [0, 0.05) is 44.5 Å².